The molecule has 0 saturated carbocycles. The summed E-state index contributed by atoms with van der Waals surface area (Å²) in [6, 6.07) is 12.8. The molecule has 2 aromatic rings. The van der Waals surface area contributed by atoms with Gasteiger partial charge in [-0.15, -0.1) is 0 Å². The number of aliphatic hydroxyl groups excluding tert-OH is 1. The van der Waals surface area contributed by atoms with Crippen molar-refractivity contribution in [2.45, 2.75) is 29.6 Å². The van der Waals surface area contributed by atoms with E-state index < -0.39 is 15.4 Å². The van der Waals surface area contributed by atoms with Crippen molar-refractivity contribution in [1.29, 1.82) is 0 Å². The summed E-state index contributed by atoms with van der Waals surface area (Å²) in [4.78, 5) is 0.244. The number of benzene rings is 2. The van der Waals surface area contributed by atoms with Gasteiger partial charge in [-0.25, -0.2) is 8.42 Å². The zero-order valence-corrected chi connectivity index (χ0v) is 15.2. The average molecular weight is 377 g/mol. The van der Waals surface area contributed by atoms with E-state index in [1.807, 2.05) is 0 Å². The highest BCUT2D eigenvalue weighted by Crippen LogP contribution is 2.41. The molecule has 1 aliphatic heterocycles. The van der Waals surface area contributed by atoms with Crippen molar-refractivity contribution in [2.24, 2.45) is 0 Å². The first-order valence-corrected chi connectivity index (χ1v) is 10.0. The zero-order chi connectivity index (χ0) is 18.8. The number of aromatic hydroxyl groups is 2. The Morgan fingerprint density at radius 2 is 1.77 bits per heavy atom. The van der Waals surface area contributed by atoms with E-state index in [1.54, 1.807) is 36.4 Å². The van der Waals surface area contributed by atoms with Crippen molar-refractivity contribution in [3.05, 3.63) is 54.1 Å². The Balaban J connectivity index is 1.98. The molecule has 1 saturated heterocycles. The molecule has 26 heavy (non-hydrogen) atoms. The highest BCUT2D eigenvalue weighted by Gasteiger charge is 2.41. The number of hydrogen-bond acceptors (Lipinski definition) is 5. The molecule has 1 fully saturated rings. The molecule has 1 atom stereocenters. The summed E-state index contributed by atoms with van der Waals surface area (Å²) in [7, 11) is -3.64. The van der Waals surface area contributed by atoms with E-state index in [0.29, 0.717) is 25.8 Å². The van der Waals surface area contributed by atoms with Crippen LogP contribution < -0.4 is 0 Å². The van der Waals surface area contributed by atoms with E-state index in [2.05, 4.69) is 0 Å². The molecule has 0 aliphatic carbocycles. The minimum atomic E-state index is -3.64. The van der Waals surface area contributed by atoms with E-state index in [1.165, 1.54) is 16.4 Å². The van der Waals surface area contributed by atoms with Crippen LogP contribution in [0.25, 0.3) is 0 Å². The second-order valence-electron chi connectivity index (χ2n) is 6.71. The number of phenols is 2. The molecule has 1 unspecified atom stereocenters. The molecule has 0 aromatic heterocycles. The summed E-state index contributed by atoms with van der Waals surface area (Å²) in [5.74, 6) is -0.472. The maximum Gasteiger partial charge on any atom is 0.243 e. The molecule has 0 spiro atoms. The van der Waals surface area contributed by atoms with Gasteiger partial charge in [0.25, 0.3) is 0 Å². The molecule has 140 valence electrons. The molecular formula is C19H23NO5S. The molecule has 7 heteroatoms. The van der Waals surface area contributed by atoms with Gasteiger partial charge in [-0.3, -0.25) is 0 Å². The van der Waals surface area contributed by atoms with Crippen LogP contribution in [0.15, 0.2) is 53.4 Å². The number of nitrogens with zero attached hydrogens (tertiary/aromatic N) is 1. The van der Waals surface area contributed by atoms with Crippen LogP contribution in [-0.4, -0.2) is 47.7 Å². The smallest absolute Gasteiger partial charge is 0.243 e. The van der Waals surface area contributed by atoms with Crippen molar-refractivity contribution in [3.63, 3.8) is 0 Å². The Kier molecular flexibility index (Phi) is 5.22. The lowest BCUT2D eigenvalue weighted by Gasteiger charge is -2.42. The zero-order valence-electron chi connectivity index (χ0n) is 14.4. The molecule has 3 N–H and O–H groups in total. The van der Waals surface area contributed by atoms with Gasteiger partial charge in [0.05, 0.1) is 4.90 Å². The standard InChI is InChI=1S/C19H23NO5S/c21-12-10-19(15-7-8-17(22)18(23)13-15)9-4-11-20(14-19)26(24,25)16-5-2-1-3-6-16/h1-3,5-8,13,21-23H,4,9-12,14H2. The molecule has 1 heterocycles. The summed E-state index contributed by atoms with van der Waals surface area (Å²) in [6.45, 7) is 0.532. The van der Waals surface area contributed by atoms with Crippen LogP contribution in [0, 0.1) is 0 Å². The SMILES string of the molecule is O=S(=O)(c1ccccc1)N1CCCC(CCO)(c2ccc(O)c(O)c2)C1. The van der Waals surface area contributed by atoms with Gasteiger partial charge in [0.2, 0.25) is 10.0 Å². The average Bonchev–Trinajstić information content (AvgIpc) is 2.65. The predicted octanol–water partition coefficient (Wildman–Crippen LogP) is 2.20. The molecule has 0 radical (unpaired) electrons. The summed E-state index contributed by atoms with van der Waals surface area (Å²) in [5, 5.41) is 29.0. The van der Waals surface area contributed by atoms with Gasteiger partial charge in [-0.05, 0) is 49.1 Å². The van der Waals surface area contributed by atoms with Crippen LogP contribution in [0.2, 0.25) is 0 Å². The van der Waals surface area contributed by atoms with Crippen molar-refractivity contribution < 1.29 is 23.7 Å². The van der Waals surface area contributed by atoms with E-state index >= 15 is 0 Å². The fraction of sp³-hybridized carbons (Fsp3) is 0.368. The molecule has 1 aliphatic rings. The Hall–Kier alpha value is -2.09. The molecule has 0 amide bonds. The monoisotopic (exact) mass is 377 g/mol. The normalized spacial score (nSPS) is 21.6. The Morgan fingerprint density at radius 3 is 2.42 bits per heavy atom. The van der Waals surface area contributed by atoms with Crippen molar-refractivity contribution in [1.82, 2.24) is 4.31 Å². The third kappa shape index (κ3) is 3.42. The minimum absolute atomic E-state index is 0.0964. The van der Waals surface area contributed by atoms with Gasteiger partial charge in [-0.2, -0.15) is 4.31 Å². The number of hydrogen-bond donors (Lipinski definition) is 3. The highest BCUT2D eigenvalue weighted by molar-refractivity contribution is 7.89. The lowest BCUT2D eigenvalue weighted by molar-refractivity contribution is 0.168. The fourth-order valence-electron chi connectivity index (χ4n) is 3.69. The number of aliphatic hydroxyl groups is 1. The van der Waals surface area contributed by atoms with Crippen LogP contribution in [-0.2, 0) is 15.4 Å². The van der Waals surface area contributed by atoms with E-state index in [9.17, 15) is 23.7 Å². The molecule has 3 rings (SSSR count). The summed E-state index contributed by atoms with van der Waals surface area (Å²) < 4.78 is 27.5. The Bertz CT molecular complexity index is 865. The minimum Gasteiger partial charge on any atom is -0.504 e. The largest absolute Gasteiger partial charge is 0.504 e. The van der Waals surface area contributed by atoms with Crippen LogP contribution in [0.3, 0.4) is 0 Å². The summed E-state index contributed by atoms with van der Waals surface area (Å²) in [6.07, 6.45) is 1.71. The predicted molar refractivity (Wildman–Crippen MR) is 97.6 cm³/mol. The second-order valence-corrected chi connectivity index (χ2v) is 8.65. The number of piperidine rings is 1. The highest BCUT2D eigenvalue weighted by atomic mass is 32.2. The maximum absolute atomic E-state index is 13.0. The second kappa shape index (κ2) is 7.26. The quantitative estimate of drug-likeness (QED) is 0.694. The van der Waals surface area contributed by atoms with Gasteiger partial charge in [-0.1, -0.05) is 24.3 Å². The van der Waals surface area contributed by atoms with Gasteiger partial charge in [0.15, 0.2) is 11.5 Å². The van der Waals surface area contributed by atoms with Crippen LogP contribution in [0.4, 0.5) is 0 Å². The third-order valence-electron chi connectivity index (χ3n) is 5.10. The first kappa shape index (κ1) is 18.7. The number of phenolic OH excluding ortho intramolecular Hbond substituents is 2. The maximum atomic E-state index is 13.0. The molecule has 2 aromatic carbocycles. The van der Waals surface area contributed by atoms with E-state index in [4.69, 9.17) is 0 Å². The number of sulfonamides is 1. The molecule has 6 nitrogen and oxygen atoms in total. The van der Waals surface area contributed by atoms with E-state index in [-0.39, 0.29) is 29.5 Å². The first-order valence-electron chi connectivity index (χ1n) is 8.58. The molecule has 0 bridgehead atoms. The van der Waals surface area contributed by atoms with Gasteiger partial charge < -0.3 is 15.3 Å². The van der Waals surface area contributed by atoms with Crippen molar-refractivity contribution >= 4 is 10.0 Å². The van der Waals surface area contributed by atoms with Gasteiger partial charge in [0.1, 0.15) is 0 Å². The lowest BCUT2D eigenvalue weighted by Crippen LogP contribution is -2.48. The van der Waals surface area contributed by atoms with Crippen LogP contribution in [0.5, 0.6) is 11.5 Å². The lowest BCUT2D eigenvalue weighted by atomic mass is 9.72. The van der Waals surface area contributed by atoms with Crippen molar-refractivity contribution in [3.8, 4) is 11.5 Å². The Labute approximate surface area is 153 Å². The Morgan fingerprint density at radius 1 is 1.04 bits per heavy atom. The topological polar surface area (TPSA) is 98.1 Å². The van der Waals surface area contributed by atoms with Gasteiger partial charge in [0, 0.05) is 25.1 Å². The van der Waals surface area contributed by atoms with Crippen molar-refractivity contribution in [2.75, 3.05) is 19.7 Å². The van der Waals surface area contributed by atoms with E-state index in [0.717, 1.165) is 5.56 Å². The summed E-state index contributed by atoms with van der Waals surface area (Å²) in [5.41, 5.74) is 0.106. The van der Waals surface area contributed by atoms with Gasteiger partial charge >= 0.3 is 0 Å². The fourth-order valence-corrected chi connectivity index (χ4v) is 5.27. The molecular weight excluding hydrogens is 354 g/mol. The van der Waals surface area contributed by atoms with Crippen LogP contribution >= 0.6 is 0 Å². The number of rotatable bonds is 5. The third-order valence-corrected chi connectivity index (χ3v) is 6.96. The summed E-state index contributed by atoms with van der Waals surface area (Å²) >= 11 is 0. The van der Waals surface area contributed by atoms with Crippen LogP contribution in [0.1, 0.15) is 24.8 Å². The first-order chi connectivity index (χ1) is 12.4.